The van der Waals surface area contributed by atoms with Crippen molar-refractivity contribution in [3.8, 4) is 22.3 Å². The van der Waals surface area contributed by atoms with Gasteiger partial charge in [0.1, 0.15) is 0 Å². The highest BCUT2D eigenvalue weighted by atomic mass is 14.9. The molecule has 10 aromatic rings. The van der Waals surface area contributed by atoms with E-state index in [2.05, 4.69) is 143 Å². The maximum Gasteiger partial charge on any atom is 0.154 e. The Morgan fingerprint density at radius 2 is 0.981 bits per heavy atom. The van der Waals surface area contributed by atoms with Crippen LogP contribution in [0, 0.1) is 0 Å². The van der Waals surface area contributed by atoms with E-state index >= 15 is 0 Å². The second kappa shape index (κ2) is 12.5. The molecule has 4 heterocycles. The van der Waals surface area contributed by atoms with Crippen molar-refractivity contribution in [1.29, 1.82) is 0 Å². The van der Waals surface area contributed by atoms with Crippen LogP contribution in [0.4, 0.5) is 0 Å². The standard InChI is InChI=1S/C47H30N6/c1-48-47(42-17-5-15-40-38(13-4-16-41(40)42)35-25-32-21-19-30-10-7-23-50-44(30)46(32)52-28-35)53-26-33-8-2-14-39-36(33)11-3-12-37(39)34-24-31-20-18-29-9-6-22-49-43(29)45(31)51-27-34/h2-25,27-28H,1,26H2/b53-47-. The molecule has 0 bridgehead atoms. The summed E-state index contributed by atoms with van der Waals surface area (Å²) in [5, 5.41) is 8.73. The lowest BCUT2D eigenvalue weighted by atomic mass is 9.95. The summed E-state index contributed by atoms with van der Waals surface area (Å²) >= 11 is 0. The molecule has 0 atom stereocenters. The molecule has 0 unspecified atom stereocenters. The molecule has 6 aromatic carbocycles. The summed E-state index contributed by atoms with van der Waals surface area (Å²) < 4.78 is 0. The number of hydrogen-bond acceptors (Lipinski definition) is 5. The van der Waals surface area contributed by atoms with Crippen LogP contribution in [0.5, 0.6) is 0 Å². The van der Waals surface area contributed by atoms with Crippen LogP contribution >= 0.6 is 0 Å². The third-order valence-corrected chi connectivity index (χ3v) is 10.2. The Labute approximate surface area is 304 Å². The third kappa shape index (κ3) is 5.19. The van der Waals surface area contributed by atoms with Gasteiger partial charge in [0.25, 0.3) is 0 Å². The molecular weight excluding hydrogens is 649 g/mol. The van der Waals surface area contributed by atoms with E-state index in [9.17, 15) is 0 Å². The summed E-state index contributed by atoms with van der Waals surface area (Å²) in [6.45, 7) is 4.40. The molecule has 0 aliphatic rings. The van der Waals surface area contributed by atoms with Gasteiger partial charge in [-0.15, -0.1) is 0 Å². The number of aromatic nitrogens is 4. The number of pyridine rings is 4. The first kappa shape index (κ1) is 30.6. The molecule has 0 aliphatic carbocycles. The molecule has 0 spiro atoms. The Morgan fingerprint density at radius 3 is 1.60 bits per heavy atom. The Morgan fingerprint density at radius 1 is 0.472 bits per heavy atom. The summed E-state index contributed by atoms with van der Waals surface area (Å²) in [6.07, 6.45) is 7.54. The average molecular weight is 679 g/mol. The number of amidine groups is 1. The third-order valence-electron chi connectivity index (χ3n) is 10.2. The molecule has 10 rings (SSSR count). The minimum Gasteiger partial charge on any atom is -0.261 e. The smallest absolute Gasteiger partial charge is 0.154 e. The molecule has 248 valence electrons. The zero-order chi connectivity index (χ0) is 35.3. The van der Waals surface area contributed by atoms with Gasteiger partial charge in [-0.3, -0.25) is 24.9 Å². The molecule has 6 heteroatoms. The Balaban J connectivity index is 1.01. The van der Waals surface area contributed by atoms with Crippen LogP contribution in [0.3, 0.4) is 0 Å². The van der Waals surface area contributed by atoms with Gasteiger partial charge in [0.2, 0.25) is 0 Å². The number of hydrogen-bond donors (Lipinski definition) is 0. The van der Waals surface area contributed by atoms with Gasteiger partial charge in [-0.2, -0.15) is 0 Å². The van der Waals surface area contributed by atoms with Crippen LogP contribution < -0.4 is 0 Å². The quantitative estimate of drug-likeness (QED) is 0.103. The molecule has 0 saturated carbocycles. The van der Waals surface area contributed by atoms with Crippen molar-refractivity contribution in [1.82, 2.24) is 19.9 Å². The highest BCUT2D eigenvalue weighted by molar-refractivity contribution is 6.14. The lowest BCUT2D eigenvalue weighted by Gasteiger charge is -2.13. The first-order valence-corrected chi connectivity index (χ1v) is 17.6. The number of benzene rings is 6. The van der Waals surface area contributed by atoms with Gasteiger partial charge in [-0.25, -0.2) is 4.99 Å². The minimum absolute atomic E-state index is 0.454. The fourth-order valence-electron chi connectivity index (χ4n) is 7.67. The van der Waals surface area contributed by atoms with E-state index in [1.54, 1.807) is 0 Å². The van der Waals surface area contributed by atoms with Crippen LogP contribution in [0.25, 0.3) is 87.4 Å². The van der Waals surface area contributed by atoms with Gasteiger partial charge in [0.05, 0.1) is 28.6 Å². The summed E-state index contributed by atoms with van der Waals surface area (Å²) in [4.78, 5) is 28.5. The van der Waals surface area contributed by atoms with Crippen molar-refractivity contribution in [3.63, 3.8) is 0 Å². The topological polar surface area (TPSA) is 76.3 Å². The van der Waals surface area contributed by atoms with E-state index < -0.39 is 0 Å². The van der Waals surface area contributed by atoms with Crippen molar-refractivity contribution in [3.05, 3.63) is 169 Å². The zero-order valence-electron chi connectivity index (χ0n) is 28.6. The van der Waals surface area contributed by atoms with E-state index in [0.717, 1.165) is 98.5 Å². The monoisotopic (exact) mass is 678 g/mol. The van der Waals surface area contributed by atoms with Crippen LogP contribution in [0.2, 0.25) is 0 Å². The predicted octanol–water partition coefficient (Wildman–Crippen LogP) is 11.2. The summed E-state index contributed by atoms with van der Waals surface area (Å²) in [5.74, 6) is 0.606. The Hall–Kier alpha value is -7.18. The highest BCUT2D eigenvalue weighted by Gasteiger charge is 2.14. The van der Waals surface area contributed by atoms with Crippen LogP contribution in [-0.2, 0) is 6.54 Å². The zero-order valence-corrected chi connectivity index (χ0v) is 28.6. The van der Waals surface area contributed by atoms with Crippen LogP contribution in [0.1, 0.15) is 11.1 Å². The molecule has 0 saturated heterocycles. The number of fused-ring (bicyclic) bond motifs is 8. The molecule has 0 amide bonds. The Kier molecular flexibility index (Phi) is 7.25. The van der Waals surface area contributed by atoms with Crippen molar-refractivity contribution >= 4 is 77.7 Å². The van der Waals surface area contributed by atoms with Crippen LogP contribution in [0.15, 0.2) is 168 Å². The molecule has 0 N–H and O–H groups in total. The van der Waals surface area contributed by atoms with Crippen molar-refractivity contribution < 1.29 is 0 Å². The van der Waals surface area contributed by atoms with Crippen molar-refractivity contribution in [2.24, 2.45) is 9.98 Å². The van der Waals surface area contributed by atoms with E-state index in [-0.39, 0.29) is 0 Å². The second-order valence-electron chi connectivity index (χ2n) is 13.2. The SMILES string of the molecule is C=N/C(=N\Cc1cccc2c(-c3cnc4c(ccc5cccnc54)c3)cccc12)c1cccc2c(-c3cnc4c(ccc5cccnc54)c3)cccc12. The normalized spacial score (nSPS) is 12.0. The number of nitrogens with zero attached hydrogens (tertiary/aromatic N) is 6. The van der Waals surface area contributed by atoms with Gasteiger partial charge in [-0.05, 0) is 69.2 Å². The molecule has 0 radical (unpaired) electrons. The van der Waals surface area contributed by atoms with Gasteiger partial charge in [0.15, 0.2) is 5.84 Å². The second-order valence-corrected chi connectivity index (χ2v) is 13.2. The predicted molar refractivity (Wildman–Crippen MR) is 220 cm³/mol. The minimum atomic E-state index is 0.454. The van der Waals surface area contributed by atoms with Gasteiger partial charge >= 0.3 is 0 Å². The fourth-order valence-corrected chi connectivity index (χ4v) is 7.67. The molecule has 6 nitrogen and oxygen atoms in total. The maximum atomic E-state index is 5.08. The first-order valence-electron chi connectivity index (χ1n) is 17.6. The van der Waals surface area contributed by atoms with E-state index in [0.29, 0.717) is 12.4 Å². The summed E-state index contributed by atoms with van der Waals surface area (Å²) in [5.41, 5.74) is 10.0. The fraction of sp³-hybridized carbons (Fsp3) is 0.0213. The molecule has 4 aromatic heterocycles. The van der Waals surface area contributed by atoms with Crippen LogP contribution in [-0.4, -0.2) is 32.5 Å². The molecular formula is C47H30N6. The van der Waals surface area contributed by atoms with E-state index in [1.165, 1.54) is 0 Å². The maximum absolute atomic E-state index is 5.08. The van der Waals surface area contributed by atoms with Gasteiger partial charge < -0.3 is 0 Å². The summed E-state index contributed by atoms with van der Waals surface area (Å²) in [7, 11) is 0. The van der Waals surface area contributed by atoms with Crippen molar-refractivity contribution in [2.45, 2.75) is 6.54 Å². The van der Waals surface area contributed by atoms with E-state index in [1.807, 2.05) is 36.9 Å². The number of rotatable bonds is 5. The van der Waals surface area contributed by atoms with Gasteiger partial charge in [-0.1, -0.05) is 109 Å². The number of aliphatic imine (C=N–C) groups is 2. The first-order chi connectivity index (χ1) is 26.2. The highest BCUT2D eigenvalue weighted by Crippen LogP contribution is 2.35. The Bertz CT molecular complexity index is 3130. The van der Waals surface area contributed by atoms with Crippen molar-refractivity contribution in [2.75, 3.05) is 0 Å². The van der Waals surface area contributed by atoms with Gasteiger partial charge in [0, 0.05) is 63.0 Å². The van der Waals surface area contributed by atoms with E-state index in [4.69, 9.17) is 15.0 Å². The lowest BCUT2D eigenvalue weighted by molar-refractivity contribution is 1.08. The summed E-state index contributed by atoms with van der Waals surface area (Å²) in [6, 6.07) is 46.4. The molecule has 0 aliphatic heterocycles. The average Bonchev–Trinajstić information content (AvgIpc) is 3.23. The molecule has 0 fully saturated rings. The molecule has 53 heavy (non-hydrogen) atoms. The largest absolute Gasteiger partial charge is 0.261 e. The lowest BCUT2D eigenvalue weighted by Crippen LogP contribution is -2.00.